The molecule has 12 heavy (non-hydrogen) atoms. The summed E-state index contributed by atoms with van der Waals surface area (Å²) in [5.74, 6) is -0.828. The third-order valence-electron chi connectivity index (χ3n) is 1.50. The van der Waals surface area contributed by atoms with E-state index in [1.807, 2.05) is 0 Å². The molecule has 0 saturated heterocycles. The number of nitrogens with two attached hydrogens (primary N) is 1. The van der Waals surface area contributed by atoms with E-state index in [4.69, 9.17) is 10.8 Å². The maximum absolute atomic E-state index is 10.6. The smallest absolute Gasteiger partial charge is 0.320 e. The third kappa shape index (κ3) is 4.87. The predicted molar refractivity (Wildman–Crippen MR) is 47.9 cm³/mol. The molecule has 0 unspecified atom stereocenters. The van der Waals surface area contributed by atoms with Crippen LogP contribution in [0.4, 0.5) is 0 Å². The fourth-order valence-electron chi connectivity index (χ4n) is 0.860. The topological polar surface area (TPSA) is 75.3 Å². The monoisotopic (exact) mass is 172 g/mol. The highest BCUT2D eigenvalue weighted by Crippen LogP contribution is 1.95. The van der Waals surface area contributed by atoms with Gasteiger partial charge in [0.25, 0.3) is 0 Å². The average Bonchev–Trinajstić information content (AvgIpc) is 2.04. The Morgan fingerprint density at radius 1 is 1.75 bits per heavy atom. The third-order valence-corrected chi connectivity index (χ3v) is 1.50. The largest absolute Gasteiger partial charge is 0.480 e. The molecular weight excluding hydrogens is 156 g/mol. The van der Waals surface area contributed by atoms with Crippen LogP contribution in [0.5, 0.6) is 0 Å². The Hall–Kier alpha value is -0.870. The Labute approximate surface area is 72.4 Å². The second-order valence-corrected chi connectivity index (χ2v) is 2.52. The van der Waals surface area contributed by atoms with Gasteiger partial charge in [0.15, 0.2) is 0 Å². The molecule has 0 aliphatic carbocycles. The van der Waals surface area contributed by atoms with E-state index in [0.29, 0.717) is 19.5 Å². The highest BCUT2D eigenvalue weighted by molar-refractivity contribution is 5.73. The van der Waals surface area contributed by atoms with Crippen molar-refractivity contribution in [1.82, 2.24) is 5.32 Å². The van der Waals surface area contributed by atoms with Crippen LogP contribution < -0.4 is 11.1 Å². The standard InChI is InChI=1S/C8H16N2O2/c1-2-6-10-7(8(11)12)4-3-5-9/h2,7,10H,1,3-6,9H2,(H,11,12)/t7-/m1/s1. The normalized spacial score (nSPS) is 12.4. The van der Waals surface area contributed by atoms with Crippen molar-refractivity contribution in [2.75, 3.05) is 13.1 Å². The lowest BCUT2D eigenvalue weighted by molar-refractivity contribution is -0.139. The first kappa shape index (κ1) is 11.1. The van der Waals surface area contributed by atoms with Crippen LogP contribution >= 0.6 is 0 Å². The zero-order chi connectivity index (χ0) is 9.40. The molecule has 70 valence electrons. The number of carbonyl (C=O) groups is 1. The molecule has 0 bridgehead atoms. The van der Waals surface area contributed by atoms with E-state index in [9.17, 15) is 4.79 Å². The van der Waals surface area contributed by atoms with Gasteiger partial charge in [-0.2, -0.15) is 0 Å². The van der Waals surface area contributed by atoms with Crippen LogP contribution in [0.1, 0.15) is 12.8 Å². The van der Waals surface area contributed by atoms with Crippen LogP contribution in [0, 0.1) is 0 Å². The molecule has 4 nitrogen and oxygen atoms in total. The van der Waals surface area contributed by atoms with Gasteiger partial charge in [-0.15, -0.1) is 6.58 Å². The molecule has 4 N–H and O–H groups in total. The highest BCUT2D eigenvalue weighted by Gasteiger charge is 2.14. The second-order valence-electron chi connectivity index (χ2n) is 2.52. The fourth-order valence-corrected chi connectivity index (χ4v) is 0.860. The van der Waals surface area contributed by atoms with Crippen molar-refractivity contribution >= 4 is 5.97 Å². The average molecular weight is 172 g/mol. The summed E-state index contributed by atoms with van der Waals surface area (Å²) in [6, 6.07) is -0.494. The number of rotatable bonds is 7. The lowest BCUT2D eigenvalue weighted by Crippen LogP contribution is -2.37. The first-order valence-corrected chi connectivity index (χ1v) is 3.99. The minimum Gasteiger partial charge on any atom is -0.480 e. The Morgan fingerprint density at radius 2 is 2.42 bits per heavy atom. The molecule has 0 aromatic carbocycles. The van der Waals surface area contributed by atoms with Crippen molar-refractivity contribution in [3.05, 3.63) is 12.7 Å². The van der Waals surface area contributed by atoms with Crippen LogP contribution in [-0.4, -0.2) is 30.2 Å². The van der Waals surface area contributed by atoms with Crippen LogP contribution in [0.2, 0.25) is 0 Å². The summed E-state index contributed by atoms with van der Waals surface area (Å²) in [6.07, 6.45) is 2.93. The molecule has 0 saturated carbocycles. The van der Waals surface area contributed by atoms with Crippen molar-refractivity contribution < 1.29 is 9.90 Å². The van der Waals surface area contributed by atoms with Crippen LogP contribution in [0.3, 0.4) is 0 Å². The molecule has 0 aliphatic rings. The molecule has 0 rings (SSSR count). The minimum absolute atomic E-state index is 0.494. The molecule has 1 atom stereocenters. The Bertz CT molecular complexity index is 148. The number of carboxylic acid groups (broad SMARTS) is 1. The number of hydrogen-bond donors (Lipinski definition) is 3. The van der Waals surface area contributed by atoms with Gasteiger partial charge >= 0.3 is 5.97 Å². The van der Waals surface area contributed by atoms with Gasteiger partial charge in [-0.1, -0.05) is 6.08 Å². The highest BCUT2D eigenvalue weighted by atomic mass is 16.4. The van der Waals surface area contributed by atoms with E-state index in [1.54, 1.807) is 6.08 Å². The first-order valence-electron chi connectivity index (χ1n) is 3.99. The Morgan fingerprint density at radius 3 is 2.83 bits per heavy atom. The van der Waals surface area contributed by atoms with Gasteiger partial charge < -0.3 is 16.2 Å². The Kier molecular flexibility index (Phi) is 6.32. The molecular formula is C8H16N2O2. The molecule has 0 aliphatic heterocycles. The van der Waals surface area contributed by atoms with Crippen molar-refractivity contribution in [2.24, 2.45) is 5.73 Å². The summed E-state index contributed by atoms with van der Waals surface area (Å²) in [5, 5.41) is 11.5. The SMILES string of the molecule is C=CCN[C@H](CCCN)C(=O)O. The van der Waals surface area contributed by atoms with E-state index in [0.717, 1.165) is 6.42 Å². The lowest BCUT2D eigenvalue weighted by atomic mass is 10.1. The maximum Gasteiger partial charge on any atom is 0.320 e. The van der Waals surface area contributed by atoms with Crippen molar-refractivity contribution in [1.29, 1.82) is 0 Å². The molecule has 0 spiro atoms. The summed E-state index contributed by atoms with van der Waals surface area (Å²) < 4.78 is 0. The molecule has 0 amide bonds. The number of hydrogen-bond acceptors (Lipinski definition) is 3. The van der Waals surface area contributed by atoms with E-state index in [1.165, 1.54) is 0 Å². The van der Waals surface area contributed by atoms with Gasteiger partial charge in [-0.05, 0) is 19.4 Å². The van der Waals surface area contributed by atoms with E-state index in [2.05, 4.69) is 11.9 Å². The first-order chi connectivity index (χ1) is 5.72. The zero-order valence-electron chi connectivity index (χ0n) is 7.12. The number of carboxylic acids is 1. The van der Waals surface area contributed by atoms with Gasteiger partial charge in [0.1, 0.15) is 6.04 Å². The summed E-state index contributed by atoms with van der Waals surface area (Å²) in [5.41, 5.74) is 5.26. The van der Waals surface area contributed by atoms with Crippen molar-refractivity contribution in [3.8, 4) is 0 Å². The summed E-state index contributed by atoms with van der Waals surface area (Å²) >= 11 is 0. The number of nitrogens with one attached hydrogen (secondary N) is 1. The quantitative estimate of drug-likeness (QED) is 0.471. The van der Waals surface area contributed by atoms with E-state index in [-0.39, 0.29) is 0 Å². The molecule has 0 fully saturated rings. The molecule has 0 heterocycles. The Balaban J connectivity index is 3.69. The zero-order valence-corrected chi connectivity index (χ0v) is 7.12. The minimum atomic E-state index is -0.828. The van der Waals surface area contributed by atoms with Crippen LogP contribution in [-0.2, 0) is 4.79 Å². The summed E-state index contributed by atoms with van der Waals surface area (Å²) in [4.78, 5) is 10.6. The van der Waals surface area contributed by atoms with Crippen molar-refractivity contribution in [3.63, 3.8) is 0 Å². The molecule has 0 aromatic rings. The number of aliphatic carboxylic acids is 1. The van der Waals surface area contributed by atoms with E-state index < -0.39 is 12.0 Å². The molecule has 0 aromatic heterocycles. The van der Waals surface area contributed by atoms with Gasteiger partial charge in [0, 0.05) is 6.54 Å². The van der Waals surface area contributed by atoms with Gasteiger partial charge in [0.2, 0.25) is 0 Å². The van der Waals surface area contributed by atoms with Crippen molar-refractivity contribution in [2.45, 2.75) is 18.9 Å². The lowest BCUT2D eigenvalue weighted by Gasteiger charge is -2.11. The molecule has 0 radical (unpaired) electrons. The molecule has 4 heteroatoms. The predicted octanol–water partition coefficient (Wildman–Crippen LogP) is -0.0459. The van der Waals surface area contributed by atoms with E-state index >= 15 is 0 Å². The van der Waals surface area contributed by atoms with Crippen LogP contribution in [0.15, 0.2) is 12.7 Å². The van der Waals surface area contributed by atoms with Gasteiger partial charge in [0.05, 0.1) is 0 Å². The second kappa shape index (κ2) is 6.82. The van der Waals surface area contributed by atoms with Gasteiger partial charge in [-0.25, -0.2) is 0 Å². The maximum atomic E-state index is 10.6. The fraction of sp³-hybridized carbons (Fsp3) is 0.625. The van der Waals surface area contributed by atoms with Crippen LogP contribution in [0.25, 0.3) is 0 Å². The van der Waals surface area contributed by atoms with Gasteiger partial charge in [-0.3, -0.25) is 4.79 Å². The summed E-state index contributed by atoms with van der Waals surface area (Å²) in [6.45, 7) is 4.53. The summed E-state index contributed by atoms with van der Waals surface area (Å²) in [7, 11) is 0.